The average molecular weight is 514 g/mol. The second-order valence-electron chi connectivity index (χ2n) is 8.85. The first-order valence-corrected chi connectivity index (χ1v) is 12.0. The monoisotopic (exact) mass is 513 g/mol. The number of carbonyl (C=O) groups excluding carboxylic acids is 2. The Morgan fingerprint density at radius 1 is 0.947 bits per heavy atom. The molecule has 0 atom stereocenters. The molecule has 0 bridgehead atoms. The molecule has 10 nitrogen and oxygen atoms in total. The predicted octanol–water partition coefficient (Wildman–Crippen LogP) is 4.87. The maximum absolute atomic E-state index is 13.1. The van der Waals surface area contributed by atoms with Crippen LogP contribution in [0.5, 0.6) is 23.1 Å². The molecule has 1 N–H and O–H groups in total. The summed E-state index contributed by atoms with van der Waals surface area (Å²) in [6, 6.07) is 15.9. The standard InChI is InChI=1S/C28H27N5O5/c1-17-8-9-18(26(34)31-19-6-5-7-20(13-19)33-11-10-32(2)28(33)35)12-23(17)38-27-21-14-24(36-3)25(37-4)15-22(21)29-16-30-27/h5-9,12-16H,10-11H2,1-4H3,(H,31,34). The number of methoxy groups -OCH3 is 2. The molecule has 0 radical (unpaired) electrons. The number of hydrogen-bond donors (Lipinski definition) is 1. The number of nitrogens with zero attached hydrogens (tertiary/aromatic N) is 4. The van der Waals surface area contributed by atoms with Crippen molar-refractivity contribution in [2.45, 2.75) is 6.92 Å². The second kappa shape index (κ2) is 10.3. The van der Waals surface area contributed by atoms with E-state index in [1.807, 2.05) is 25.1 Å². The van der Waals surface area contributed by atoms with Crippen molar-refractivity contribution in [3.05, 3.63) is 72.1 Å². The molecule has 2 heterocycles. The minimum absolute atomic E-state index is 0.0675. The number of likely N-dealkylation sites (N-methyl/N-ethyl adjacent to an activating group) is 1. The van der Waals surface area contributed by atoms with E-state index in [-0.39, 0.29) is 11.9 Å². The number of benzene rings is 3. The highest BCUT2D eigenvalue weighted by Gasteiger charge is 2.26. The van der Waals surface area contributed by atoms with E-state index < -0.39 is 0 Å². The first kappa shape index (κ1) is 24.8. The molecule has 5 rings (SSSR count). The topological polar surface area (TPSA) is 106 Å². The molecule has 1 aliphatic heterocycles. The van der Waals surface area contributed by atoms with Crippen molar-refractivity contribution in [2.75, 3.05) is 44.6 Å². The highest BCUT2D eigenvalue weighted by molar-refractivity contribution is 6.05. The number of carbonyl (C=O) groups is 2. The van der Waals surface area contributed by atoms with Crippen LogP contribution in [0.3, 0.4) is 0 Å². The maximum atomic E-state index is 13.1. The molecule has 0 unspecified atom stereocenters. The molecular weight excluding hydrogens is 486 g/mol. The van der Waals surface area contributed by atoms with Gasteiger partial charge in [-0.3, -0.25) is 9.69 Å². The number of nitrogens with one attached hydrogen (secondary N) is 1. The van der Waals surface area contributed by atoms with Gasteiger partial charge in [0.25, 0.3) is 5.91 Å². The molecule has 4 aromatic rings. The summed E-state index contributed by atoms with van der Waals surface area (Å²) in [5.41, 5.74) is 3.17. The smallest absolute Gasteiger partial charge is 0.324 e. The molecule has 194 valence electrons. The number of aryl methyl sites for hydroxylation is 1. The summed E-state index contributed by atoms with van der Waals surface area (Å²) in [4.78, 5) is 37.5. The van der Waals surface area contributed by atoms with Gasteiger partial charge in [0.05, 0.1) is 25.1 Å². The van der Waals surface area contributed by atoms with Crippen LogP contribution in [0.1, 0.15) is 15.9 Å². The minimum atomic E-state index is -0.309. The summed E-state index contributed by atoms with van der Waals surface area (Å²) >= 11 is 0. The molecular formula is C28H27N5O5. The van der Waals surface area contributed by atoms with Crippen LogP contribution in [-0.4, -0.2) is 61.2 Å². The van der Waals surface area contributed by atoms with Crippen LogP contribution >= 0.6 is 0 Å². The van der Waals surface area contributed by atoms with E-state index in [4.69, 9.17) is 14.2 Å². The normalized spacial score (nSPS) is 13.1. The number of amides is 3. The molecule has 0 spiro atoms. The highest BCUT2D eigenvalue weighted by Crippen LogP contribution is 2.36. The fourth-order valence-electron chi connectivity index (χ4n) is 4.24. The Kier molecular flexibility index (Phi) is 6.69. The Hall–Kier alpha value is -4.86. The lowest BCUT2D eigenvalue weighted by atomic mass is 10.1. The van der Waals surface area contributed by atoms with Gasteiger partial charge in [0.1, 0.15) is 12.1 Å². The van der Waals surface area contributed by atoms with Gasteiger partial charge in [-0.15, -0.1) is 0 Å². The van der Waals surface area contributed by atoms with E-state index in [9.17, 15) is 9.59 Å². The molecule has 0 saturated carbocycles. The molecule has 10 heteroatoms. The van der Waals surface area contributed by atoms with Crippen molar-refractivity contribution >= 4 is 34.2 Å². The quantitative estimate of drug-likeness (QED) is 0.376. The van der Waals surface area contributed by atoms with Crippen LogP contribution in [0.4, 0.5) is 16.2 Å². The van der Waals surface area contributed by atoms with Gasteiger partial charge in [0.2, 0.25) is 5.88 Å². The molecule has 38 heavy (non-hydrogen) atoms. The van der Waals surface area contributed by atoms with E-state index in [0.29, 0.717) is 58.4 Å². The van der Waals surface area contributed by atoms with Crippen molar-refractivity contribution in [2.24, 2.45) is 0 Å². The largest absolute Gasteiger partial charge is 0.493 e. The first-order valence-electron chi connectivity index (χ1n) is 12.0. The Labute approximate surface area is 219 Å². The Morgan fingerprint density at radius 2 is 1.74 bits per heavy atom. The number of hydrogen-bond acceptors (Lipinski definition) is 7. The Morgan fingerprint density at radius 3 is 2.47 bits per heavy atom. The zero-order valence-corrected chi connectivity index (χ0v) is 21.5. The summed E-state index contributed by atoms with van der Waals surface area (Å²) in [5, 5.41) is 3.55. The molecule has 3 amide bonds. The third kappa shape index (κ3) is 4.75. The van der Waals surface area contributed by atoms with Crippen LogP contribution in [-0.2, 0) is 0 Å². The van der Waals surface area contributed by atoms with Gasteiger partial charge in [-0.05, 0) is 48.9 Å². The van der Waals surface area contributed by atoms with Gasteiger partial charge in [-0.2, -0.15) is 0 Å². The number of ether oxygens (including phenoxy) is 3. The van der Waals surface area contributed by atoms with Crippen molar-refractivity contribution in [1.82, 2.24) is 14.9 Å². The van der Waals surface area contributed by atoms with Crippen LogP contribution in [0, 0.1) is 6.92 Å². The SMILES string of the molecule is COc1cc2ncnc(Oc3cc(C(=O)Nc4cccc(N5CCN(C)C5=O)c4)ccc3C)c2cc1OC. The predicted molar refractivity (Wildman–Crippen MR) is 144 cm³/mol. The van der Waals surface area contributed by atoms with Crippen molar-refractivity contribution < 1.29 is 23.8 Å². The van der Waals surface area contributed by atoms with E-state index in [1.54, 1.807) is 67.5 Å². The lowest BCUT2D eigenvalue weighted by Crippen LogP contribution is -2.29. The summed E-state index contributed by atoms with van der Waals surface area (Å²) in [6.07, 6.45) is 1.41. The van der Waals surface area contributed by atoms with Crippen LogP contribution in [0.25, 0.3) is 10.9 Å². The van der Waals surface area contributed by atoms with Crippen LogP contribution < -0.4 is 24.4 Å². The second-order valence-corrected chi connectivity index (χ2v) is 8.85. The van der Waals surface area contributed by atoms with E-state index >= 15 is 0 Å². The highest BCUT2D eigenvalue weighted by atomic mass is 16.5. The Bertz CT molecular complexity index is 1540. The number of fused-ring (bicyclic) bond motifs is 1. The summed E-state index contributed by atoms with van der Waals surface area (Å²) in [7, 11) is 4.88. The number of anilines is 2. The van der Waals surface area contributed by atoms with Crippen molar-refractivity contribution in [3.63, 3.8) is 0 Å². The fourth-order valence-corrected chi connectivity index (χ4v) is 4.24. The lowest BCUT2D eigenvalue weighted by molar-refractivity contribution is 0.102. The molecule has 1 aliphatic rings. The summed E-state index contributed by atoms with van der Waals surface area (Å²) < 4.78 is 17.0. The van der Waals surface area contributed by atoms with E-state index in [1.165, 1.54) is 6.33 Å². The maximum Gasteiger partial charge on any atom is 0.324 e. The van der Waals surface area contributed by atoms with Crippen molar-refractivity contribution in [3.8, 4) is 23.1 Å². The molecule has 1 saturated heterocycles. The van der Waals surface area contributed by atoms with Crippen LogP contribution in [0.2, 0.25) is 0 Å². The van der Waals surface area contributed by atoms with Crippen LogP contribution in [0.15, 0.2) is 60.9 Å². The molecule has 0 aliphatic carbocycles. The van der Waals surface area contributed by atoms with Crippen molar-refractivity contribution in [1.29, 1.82) is 0 Å². The third-order valence-electron chi connectivity index (χ3n) is 6.39. The zero-order chi connectivity index (χ0) is 26.8. The van der Waals surface area contributed by atoms with Gasteiger partial charge in [-0.1, -0.05) is 12.1 Å². The average Bonchev–Trinajstić information content (AvgIpc) is 3.27. The van der Waals surface area contributed by atoms with E-state index in [0.717, 1.165) is 11.3 Å². The summed E-state index contributed by atoms with van der Waals surface area (Å²) in [5.74, 6) is 1.56. The van der Waals surface area contributed by atoms with Gasteiger partial charge < -0.3 is 24.4 Å². The number of urea groups is 1. The number of rotatable bonds is 7. The van der Waals surface area contributed by atoms with Gasteiger partial charge in [-0.25, -0.2) is 14.8 Å². The third-order valence-corrected chi connectivity index (χ3v) is 6.39. The Balaban J connectivity index is 1.39. The zero-order valence-electron chi connectivity index (χ0n) is 21.5. The molecule has 1 fully saturated rings. The minimum Gasteiger partial charge on any atom is -0.493 e. The van der Waals surface area contributed by atoms with Gasteiger partial charge in [0.15, 0.2) is 11.5 Å². The number of aromatic nitrogens is 2. The first-order chi connectivity index (χ1) is 18.4. The molecule has 1 aromatic heterocycles. The van der Waals surface area contributed by atoms with E-state index in [2.05, 4.69) is 15.3 Å². The summed E-state index contributed by atoms with van der Waals surface area (Å²) in [6.45, 7) is 3.14. The van der Waals surface area contributed by atoms with Gasteiger partial charge >= 0.3 is 6.03 Å². The lowest BCUT2D eigenvalue weighted by Gasteiger charge is -2.17. The fraction of sp³-hybridized carbons (Fsp3) is 0.214. The van der Waals surface area contributed by atoms with Gasteiger partial charge in [0, 0.05) is 43.1 Å². The molecule has 3 aromatic carbocycles.